The highest BCUT2D eigenvalue weighted by molar-refractivity contribution is 5.78. The van der Waals surface area contributed by atoms with Crippen molar-refractivity contribution >= 4 is 12.0 Å². The Morgan fingerprint density at radius 1 is 1.30 bits per heavy atom. The third-order valence-electron chi connectivity index (χ3n) is 4.65. The summed E-state index contributed by atoms with van der Waals surface area (Å²) in [5, 5.41) is 12.2. The molecule has 0 bridgehead atoms. The van der Waals surface area contributed by atoms with E-state index >= 15 is 0 Å². The number of likely N-dealkylation sites (tertiary alicyclic amines) is 1. The quantitative estimate of drug-likeness (QED) is 0.819. The van der Waals surface area contributed by atoms with E-state index in [4.69, 9.17) is 4.74 Å². The summed E-state index contributed by atoms with van der Waals surface area (Å²) < 4.78 is 5.27. The van der Waals surface area contributed by atoms with Crippen LogP contribution in [0.4, 0.5) is 4.79 Å². The first-order valence-corrected chi connectivity index (χ1v) is 7.36. The summed E-state index contributed by atoms with van der Waals surface area (Å²) in [5.74, 6) is -0.784. The zero-order valence-electron chi connectivity index (χ0n) is 12.1. The minimum atomic E-state index is -0.784. The molecule has 20 heavy (non-hydrogen) atoms. The molecule has 1 saturated carbocycles. The van der Waals surface area contributed by atoms with Gasteiger partial charge in [0.15, 0.2) is 0 Å². The van der Waals surface area contributed by atoms with E-state index in [0.29, 0.717) is 25.9 Å². The molecule has 0 unspecified atom stereocenters. The lowest BCUT2D eigenvalue weighted by molar-refractivity contribution is -0.148. The van der Waals surface area contributed by atoms with Gasteiger partial charge in [-0.05, 0) is 25.7 Å². The highest BCUT2D eigenvalue weighted by Crippen LogP contribution is 2.37. The van der Waals surface area contributed by atoms with Gasteiger partial charge < -0.3 is 20.1 Å². The van der Waals surface area contributed by atoms with Crippen molar-refractivity contribution in [2.75, 3.05) is 26.7 Å². The number of methoxy groups -OCH3 is 1. The summed E-state index contributed by atoms with van der Waals surface area (Å²) >= 11 is 0. The van der Waals surface area contributed by atoms with Crippen molar-refractivity contribution < 1.29 is 19.4 Å². The zero-order valence-corrected chi connectivity index (χ0v) is 12.1. The van der Waals surface area contributed by atoms with Crippen molar-refractivity contribution in [3.63, 3.8) is 0 Å². The fourth-order valence-electron chi connectivity index (χ4n) is 3.17. The summed E-state index contributed by atoms with van der Waals surface area (Å²) in [6.07, 6.45) is 5.10. The third kappa shape index (κ3) is 3.23. The van der Waals surface area contributed by atoms with Gasteiger partial charge in [-0.25, -0.2) is 4.79 Å². The Balaban J connectivity index is 1.81. The van der Waals surface area contributed by atoms with Gasteiger partial charge in [-0.2, -0.15) is 0 Å². The number of carboxylic acid groups (broad SMARTS) is 1. The average molecular weight is 284 g/mol. The molecule has 6 nitrogen and oxygen atoms in total. The van der Waals surface area contributed by atoms with Crippen molar-refractivity contribution in [3.8, 4) is 0 Å². The van der Waals surface area contributed by atoms with E-state index in [2.05, 4.69) is 5.32 Å². The second-order valence-corrected chi connectivity index (χ2v) is 5.87. The molecule has 1 heterocycles. The number of aliphatic carboxylic acids is 1. The Morgan fingerprint density at radius 3 is 2.40 bits per heavy atom. The van der Waals surface area contributed by atoms with Crippen LogP contribution in [0.15, 0.2) is 0 Å². The molecule has 6 heteroatoms. The number of nitrogens with zero attached hydrogens (tertiary/aromatic N) is 1. The van der Waals surface area contributed by atoms with Crippen LogP contribution in [0.5, 0.6) is 0 Å². The summed E-state index contributed by atoms with van der Waals surface area (Å²) in [6, 6.07) is -0.146. The number of piperidine rings is 1. The van der Waals surface area contributed by atoms with Crippen LogP contribution in [0.25, 0.3) is 0 Å². The molecule has 1 aliphatic heterocycles. The van der Waals surface area contributed by atoms with Crippen LogP contribution in [0, 0.1) is 5.41 Å². The van der Waals surface area contributed by atoms with Crippen molar-refractivity contribution in [1.29, 1.82) is 0 Å². The van der Waals surface area contributed by atoms with Crippen molar-refractivity contribution in [2.24, 2.45) is 5.41 Å². The number of hydrogen-bond acceptors (Lipinski definition) is 3. The molecule has 0 atom stereocenters. The van der Waals surface area contributed by atoms with E-state index < -0.39 is 11.4 Å². The van der Waals surface area contributed by atoms with E-state index in [1.165, 1.54) is 0 Å². The fourth-order valence-corrected chi connectivity index (χ4v) is 3.17. The highest BCUT2D eigenvalue weighted by Gasteiger charge is 2.41. The third-order valence-corrected chi connectivity index (χ3v) is 4.65. The van der Waals surface area contributed by atoms with Crippen molar-refractivity contribution in [1.82, 2.24) is 10.2 Å². The molecular weight excluding hydrogens is 260 g/mol. The smallest absolute Gasteiger partial charge is 0.317 e. The Labute approximate surface area is 119 Å². The lowest BCUT2D eigenvalue weighted by Gasteiger charge is -2.32. The average Bonchev–Trinajstić information content (AvgIpc) is 2.95. The molecule has 2 rings (SSSR count). The lowest BCUT2D eigenvalue weighted by Crippen LogP contribution is -2.49. The van der Waals surface area contributed by atoms with Crippen LogP contribution < -0.4 is 5.32 Å². The monoisotopic (exact) mass is 284 g/mol. The fraction of sp³-hybridized carbons (Fsp3) is 0.857. The molecule has 1 saturated heterocycles. The number of carbonyl (C=O) groups is 2. The Morgan fingerprint density at radius 2 is 1.90 bits per heavy atom. The van der Waals surface area contributed by atoms with Gasteiger partial charge in [-0.3, -0.25) is 4.79 Å². The predicted octanol–water partition coefficient (Wildman–Crippen LogP) is 1.45. The van der Waals surface area contributed by atoms with Crippen LogP contribution in [-0.2, 0) is 9.53 Å². The molecule has 114 valence electrons. The van der Waals surface area contributed by atoms with Gasteiger partial charge in [-0.1, -0.05) is 12.8 Å². The maximum Gasteiger partial charge on any atom is 0.317 e. The largest absolute Gasteiger partial charge is 0.481 e. The van der Waals surface area contributed by atoms with E-state index in [9.17, 15) is 14.7 Å². The van der Waals surface area contributed by atoms with Crippen LogP contribution in [-0.4, -0.2) is 54.9 Å². The second-order valence-electron chi connectivity index (χ2n) is 5.87. The Kier molecular flexibility index (Phi) is 4.86. The number of nitrogens with one attached hydrogen (secondary N) is 1. The van der Waals surface area contributed by atoms with E-state index in [-0.39, 0.29) is 18.7 Å². The Hall–Kier alpha value is -1.30. The number of hydrogen-bond donors (Lipinski definition) is 2. The summed E-state index contributed by atoms with van der Waals surface area (Å²) in [6.45, 7) is 1.58. The van der Waals surface area contributed by atoms with Gasteiger partial charge in [0.25, 0.3) is 0 Å². The number of carbonyl (C=O) groups excluding carboxylic acids is 1. The molecule has 0 aromatic heterocycles. The van der Waals surface area contributed by atoms with Crippen molar-refractivity contribution in [2.45, 2.75) is 44.6 Å². The minimum absolute atomic E-state index is 0.146. The minimum Gasteiger partial charge on any atom is -0.481 e. The van der Waals surface area contributed by atoms with Gasteiger partial charge >= 0.3 is 12.0 Å². The maximum atomic E-state index is 12.1. The van der Waals surface area contributed by atoms with Gasteiger partial charge in [-0.15, -0.1) is 0 Å². The van der Waals surface area contributed by atoms with E-state index in [0.717, 1.165) is 25.7 Å². The second kappa shape index (κ2) is 6.43. The number of ether oxygens (including phenoxy) is 1. The molecule has 2 amide bonds. The topological polar surface area (TPSA) is 78.9 Å². The summed E-state index contributed by atoms with van der Waals surface area (Å²) in [7, 11) is 1.69. The summed E-state index contributed by atoms with van der Waals surface area (Å²) in [4.78, 5) is 25.3. The first-order valence-electron chi connectivity index (χ1n) is 7.36. The van der Waals surface area contributed by atoms with Crippen LogP contribution in [0.3, 0.4) is 0 Å². The van der Waals surface area contributed by atoms with Gasteiger partial charge in [0.1, 0.15) is 0 Å². The number of amides is 2. The normalized spacial score (nSPS) is 22.8. The first-order chi connectivity index (χ1) is 9.57. The summed E-state index contributed by atoms with van der Waals surface area (Å²) in [5.41, 5.74) is -0.749. The molecule has 0 radical (unpaired) electrons. The molecular formula is C14H24N2O4. The molecule has 2 N–H and O–H groups in total. The molecule has 0 spiro atoms. The standard InChI is InChI=1S/C14H24N2O4/c1-20-11-4-8-16(9-5-11)13(19)15-10-14(12(17)18)6-2-3-7-14/h11H,2-10H2,1H3,(H,15,19)(H,17,18). The number of rotatable bonds is 4. The Bertz CT molecular complexity index is 358. The zero-order chi connectivity index (χ0) is 14.6. The van der Waals surface area contributed by atoms with E-state index in [1.54, 1.807) is 12.0 Å². The number of urea groups is 1. The van der Waals surface area contributed by atoms with Crippen LogP contribution in [0.1, 0.15) is 38.5 Å². The molecule has 0 aromatic carbocycles. The molecule has 0 aromatic rings. The SMILES string of the molecule is COC1CCN(C(=O)NCC2(C(=O)O)CCCC2)CC1. The first kappa shape index (κ1) is 15.1. The van der Waals surface area contributed by atoms with Gasteiger partial charge in [0.2, 0.25) is 0 Å². The van der Waals surface area contributed by atoms with Crippen LogP contribution in [0.2, 0.25) is 0 Å². The van der Waals surface area contributed by atoms with Crippen molar-refractivity contribution in [3.05, 3.63) is 0 Å². The lowest BCUT2D eigenvalue weighted by atomic mass is 9.86. The van der Waals surface area contributed by atoms with Crippen LogP contribution >= 0.6 is 0 Å². The number of carboxylic acids is 1. The van der Waals surface area contributed by atoms with E-state index in [1.807, 2.05) is 0 Å². The maximum absolute atomic E-state index is 12.1. The van der Waals surface area contributed by atoms with Gasteiger partial charge in [0, 0.05) is 26.7 Å². The molecule has 2 aliphatic rings. The highest BCUT2D eigenvalue weighted by atomic mass is 16.5. The predicted molar refractivity (Wildman–Crippen MR) is 73.5 cm³/mol. The molecule has 1 aliphatic carbocycles. The molecule has 2 fully saturated rings. The van der Waals surface area contributed by atoms with Gasteiger partial charge in [0.05, 0.1) is 11.5 Å².